The molecule has 0 saturated heterocycles. The number of hydrogen-bond acceptors (Lipinski definition) is 5. The summed E-state index contributed by atoms with van der Waals surface area (Å²) in [5.74, 6) is 0.114. The van der Waals surface area contributed by atoms with Crippen LogP contribution in [0.5, 0.6) is 5.75 Å². The Bertz CT molecular complexity index is 364. The molecule has 5 heteroatoms. The monoisotopic (exact) mass is 254 g/mol. The van der Waals surface area contributed by atoms with Gasteiger partial charge in [-0.1, -0.05) is 12.1 Å². The maximum Gasteiger partial charge on any atom is 0.341 e. The molecule has 0 aromatic heterocycles. The Labute approximate surface area is 107 Å². The highest BCUT2D eigenvalue weighted by Crippen LogP contribution is 2.18. The number of esters is 1. The minimum absolute atomic E-state index is 0.225. The van der Waals surface area contributed by atoms with Crippen LogP contribution in [0.25, 0.3) is 0 Å². The van der Waals surface area contributed by atoms with E-state index in [9.17, 15) is 4.79 Å². The standard InChI is InChI=1S/C13H18O5/c1-3-17-13(14)11-6-4-5-7-12(11)18-9-8-16-10-15-2/h4-7H,3,8-10H2,1-2H3. The average Bonchev–Trinajstić information content (AvgIpc) is 2.39. The smallest absolute Gasteiger partial charge is 0.341 e. The normalized spacial score (nSPS) is 10.1. The summed E-state index contributed by atoms with van der Waals surface area (Å²) in [6, 6.07) is 6.96. The molecule has 0 bridgehead atoms. The van der Waals surface area contributed by atoms with Crippen molar-refractivity contribution in [2.75, 3.05) is 33.7 Å². The minimum atomic E-state index is -0.383. The van der Waals surface area contributed by atoms with E-state index >= 15 is 0 Å². The van der Waals surface area contributed by atoms with E-state index in [0.717, 1.165) is 0 Å². The molecule has 100 valence electrons. The van der Waals surface area contributed by atoms with E-state index in [2.05, 4.69) is 0 Å². The summed E-state index contributed by atoms with van der Waals surface area (Å²) in [5, 5.41) is 0. The van der Waals surface area contributed by atoms with Crippen LogP contribution in [0.2, 0.25) is 0 Å². The van der Waals surface area contributed by atoms with Crippen molar-refractivity contribution in [3.8, 4) is 5.75 Å². The molecule has 1 aromatic carbocycles. The third-order valence-corrected chi connectivity index (χ3v) is 2.07. The SMILES string of the molecule is CCOC(=O)c1ccccc1OCCOCOC. The molecule has 1 aromatic rings. The van der Waals surface area contributed by atoms with E-state index in [-0.39, 0.29) is 12.8 Å². The molecular formula is C13H18O5. The molecular weight excluding hydrogens is 236 g/mol. The van der Waals surface area contributed by atoms with Gasteiger partial charge in [0, 0.05) is 7.11 Å². The average molecular weight is 254 g/mol. The van der Waals surface area contributed by atoms with Gasteiger partial charge in [0.25, 0.3) is 0 Å². The largest absolute Gasteiger partial charge is 0.490 e. The summed E-state index contributed by atoms with van der Waals surface area (Å²) >= 11 is 0. The summed E-state index contributed by atoms with van der Waals surface area (Å²) in [4.78, 5) is 11.6. The van der Waals surface area contributed by atoms with Gasteiger partial charge < -0.3 is 18.9 Å². The minimum Gasteiger partial charge on any atom is -0.490 e. The molecule has 0 unspecified atom stereocenters. The number of carbonyl (C=O) groups excluding carboxylic acids is 1. The number of methoxy groups -OCH3 is 1. The van der Waals surface area contributed by atoms with Gasteiger partial charge in [-0.25, -0.2) is 4.79 Å². The molecule has 0 spiro atoms. The lowest BCUT2D eigenvalue weighted by Gasteiger charge is -2.10. The predicted molar refractivity (Wildman–Crippen MR) is 65.7 cm³/mol. The maximum absolute atomic E-state index is 11.6. The Hall–Kier alpha value is -1.59. The molecule has 0 heterocycles. The molecule has 0 radical (unpaired) electrons. The van der Waals surface area contributed by atoms with Gasteiger partial charge in [0.15, 0.2) is 0 Å². The summed E-state index contributed by atoms with van der Waals surface area (Å²) in [6.45, 7) is 3.07. The van der Waals surface area contributed by atoms with Gasteiger partial charge in [-0.15, -0.1) is 0 Å². The second-order valence-electron chi connectivity index (χ2n) is 3.38. The molecule has 0 amide bonds. The number of para-hydroxylation sites is 1. The Morgan fingerprint density at radius 2 is 2.00 bits per heavy atom. The van der Waals surface area contributed by atoms with E-state index in [1.165, 1.54) is 0 Å². The van der Waals surface area contributed by atoms with Crippen LogP contribution in [0, 0.1) is 0 Å². The first-order valence-corrected chi connectivity index (χ1v) is 5.75. The fourth-order valence-corrected chi connectivity index (χ4v) is 1.32. The molecule has 0 aliphatic rings. The molecule has 5 nitrogen and oxygen atoms in total. The molecule has 1 rings (SSSR count). The Morgan fingerprint density at radius 3 is 2.72 bits per heavy atom. The summed E-state index contributed by atoms with van der Waals surface area (Å²) in [6.07, 6.45) is 0. The lowest BCUT2D eigenvalue weighted by Crippen LogP contribution is -2.11. The van der Waals surface area contributed by atoms with Crippen LogP contribution in [0.1, 0.15) is 17.3 Å². The van der Waals surface area contributed by atoms with E-state index in [1.54, 1.807) is 38.3 Å². The van der Waals surface area contributed by atoms with Crippen molar-refractivity contribution in [3.63, 3.8) is 0 Å². The molecule has 0 aliphatic carbocycles. The van der Waals surface area contributed by atoms with Gasteiger partial charge >= 0.3 is 5.97 Å². The first-order chi connectivity index (χ1) is 8.79. The van der Waals surface area contributed by atoms with Crippen LogP contribution in [-0.2, 0) is 14.2 Å². The van der Waals surface area contributed by atoms with Crippen LogP contribution in [0.3, 0.4) is 0 Å². The highest BCUT2D eigenvalue weighted by Gasteiger charge is 2.12. The maximum atomic E-state index is 11.6. The van der Waals surface area contributed by atoms with Gasteiger partial charge in [-0.2, -0.15) is 0 Å². The van der Waals surface area contributed by atoms with Gasteiger partial charge in [0.1, 0.15) is 24.7 Å². The van der Waals surface area contributed by atoms with Gasteiger partial charge in [-0.3, -0.25) is 0 Å². The quantitative estimate of drug-likeness (QED) is 0.402. The second kappa shape index (κ2) is 8.49. The molecule has 0 saturated carbocycles. The summed E-state index contributed by atoms with van der Waals surface area (Å²) < 4.78 is 20.2. The first-order valence-electron chi connectivity index (χ1n) is 5.75. The van der Waals surface area contributed by atoms with Gasteiger partial charge in [0.2, 0.25) is 0 Å². The van der Waals surface area contributed by atoms with Crippen LogP contribution < -0.4 is 4.74 Å². The van der Waals surface area contributed by atoms with Crippen molar-refractivity contribution >= 4 is 5.97 Å². The lowest BCUT2D eigenvalue weighted by atomic mass is 10.2. The number of carbonyl (C=O) groups is 1. The lowest BCUT2D eigenvalue weighted by molar-refractivity contribution is -0.0388. The third-order valence-electron chi connectivity index (χ3n) is 2.07. The fraction of sp³-hybridized carbons (Fsp3) is 0.462. The number of hydrogen-bond donors (Lipinski definition) is 0. The molecule has 0 fully saturated rings. The van der Waals surface area contributed by atoms with E-state index in [0.29, 0.717) is 31.1 Å². The Kier molecular flexibility index (Phi) is 6.83. The van der Waals surface area contributed by atoms with Gasteiger partial charge in [-0.05, 0) is 19.1 Å². The van der Waals surface area contributed by atoms with Crippen molar-refractivity contribution in [3.05, 3.63) is 29.8 Å². The van der Waals surface area contributed by atoms with Gasteiger partial charge in [0.05, 0.1) is 13.2 Å². The zero-order valence-electron chi connectivity index (χ0n) is 10.7. The molecule has 0 aliphatic heterocycles. The zero-order valence-corrected chi connectivity index (χ0v) is 10.7. The summed E-state index contributed by atoms with van der Waals surface area (Å²) in [7, 11) is 1.55. The Balaban J connectivity index is 2.51. The van der Waals surface area contributed by atoms with E-state index in [4.69, 9.17) is 18.9 Å². The molecule has 0 N–H and O–H groups in total. The fourth-order valence-electron chi connectivity index (χ4n) is 1.32. The van der Waals surface area contributed by atoms with Crippen LogP contribution in [0.4, 0.5) is 0 Å². The third kappa shape index (κ3) is 4.73. The molecule has 0 atom stereocenters. The predicted octanol–water partition coefficient (Wildman–Crippen LogP) is 1.86. The molecule has 18 heavy (non-hydrogen) atoms. The number of ether oxygens (including phenoxy) is 4. The number of benzene rings is 1. The number of rotatable bonds is 8. The van der Waals surface area contributed by atoms with Crippen LogP contribution in [0.15, 0.2) is 24.3 Å². The van der Waals surface area contributed by atoms with E-state index in [1.807, 2.05) is 0 Å². The van der Waals surface area contributed by atoms with Crippen molar-refractivity contribution in [2.45, 2.75) is 6.92 Å². The van der Waals surface area contributed by atoms with Crippen molar-refractivity contribution in [2.24, 2.45) is 0 Å². The highest BCUT2D eigenvalue weighted by atomic mass is 16.7. The van der Waals surface area contributed by atoms with Crippen molar-refractivity contribution in [1.82, 2.24) is 0 Å². The summed E-state index contributed by atoms with van der Waals surface area (Å²) in [5.41, 5.74) is 0.422. The van der Waals surface area contributed by atoms with Crippen LogP contribution >= 0.6 is 0 Å². The highest BCUT2D eigenvalue weighted by molar-refractivity contribution is 5.92. The Morgan fingerprint density at radius 1 is 1.22 bits per heavy atom. The van der Waals surface area contributed by atoms with E-state index < -0.39 is 0 Å². The van der Waals surface area contributed by atoms with Crippen molar-refractivity contribution < 1.29 is 23.7 Å². The topological polar surface area (TPSA) is 54.0 Å². The van der Waals surface area contributed by atoms with Crippen molar-refractivity contribution in [1.29, 1.82) is 0 Å². The second-order valence-corrected chi connectivity index (χ2v) is 3.38. The first kappa shape index (κ1) is 14.5. The zero-order chi connectivity index (χ0) is 13.2. The van der Waals surface area contributed by atoms with Crippen LogP contribution in [-0.4, -0.2) is 39.7 Å².